The second-order valence-electron chi connectivity index (χ2n) is 5.01. The van der Waals surface area contributed by atoms with Crippen molar-refractivity contribution in [3.05, 3.63) is 45.7 Å². The third-order valence-corrected chi connectivity index (χ3v) is 3.29. The third kappa shape index (κ3) is 1.90. The largest absolute Gasteiger partial charge is 0.481 e. The van der Waals surface area contributed by atoms with Gasteiger partial charge in [-0.05, 0) is 49.9 Å². The summed E-state index contributed by atoms with van der Waals surface area (Å²) in [4.78, 5) is 25.5. The molecule has 4 heteroatoms. The van der Waals surface area contributed by atoms with Gasteiger partial charge in [-0.25, -0.2) is 0 Å². The second kappa shape index (κ2) is 3.98. The van der Waals surface area contributed by atoms with E-state index >= 15 is 0 Å². The summed E-state index contributed by atoms with van der Waals surface area (Å²) in [6.45, 7) is 5.05. The summed E-state index contributed by atoms with van der Waals surface area (Å²) in [6.07, 6.45) is 0. The highest BCUT2D eigenvalue weighted by Gasteiger charge is 2.29. The second-order valence-corrected chi connectivity index (χ2v) is 5.01. The van der Waals surface area contributed by atoms with Gasteiger partial charge in [0, 0.05) is 11.1 Å². The number of benzene rings is 1. The Morgan fingerprint density at radius 3 is 2.56 bits per heavy atom. The molecule has 0 saturated carbocycles. The number of hydrogen-bond donors (Lipinski definition) is 2. The molecule has 1 heterocycles. The molecule has 1 aromatic heterocycles. The molecule has 0 bridgehead atoms. The Labute approximate surface area is 104 Å². The van der Waals surface area contributed by atoms with Gasteiger partial charge in [0.15, 0.2) is 0 Å². The molecule has 0 spiro atoms. The van der Waals surface area contributed by atoms with E-state index in [1.165, 1.54) is 0 Å². The number of aryl methyl sites for hydroxylation is 1. The van der Waals surface area contributed by atoms with Gasteiger partial charge >= 0.3 is 5.97 Å². The van der Waals surface area contributed by atoms with E-state index in [-0.39, 0.29) is 5.56 Å². The summed E-state index contributed by atoms with van der Waals surface area (Å²) >= 11 is 0. The van der Waals surface area contributed by atoms with Gasteiger partial charge < -0.3 is 10.1 Å². The van der Waals surface area contributed by atoms with Crippen LogP contribution in [0.25, 0.3) is 10.9 Å². The van der Waals surface area contributed by atoms with E-state index in [1.54, 1.807) is 39.0 Å². The molecule has 0 saturated heterocycles. The lowest BCUT2D eigenvalue weighted by atomic mass is 9.84. The normalized spacial score (nSPS) is 11.7. The molecule has 0 radical (unpaired) electrons. The minimum atomic E-state index is -0.946. The number of carboxylic acids is 1. The first-order valence-electron chi connectivity index (χ1n) is 5.70. The molecule has 1 aromatic carbocycles. The van der Waals surface area contributed by atoms with Gasteiger partial charge in [-0.15, -0.1) is 0 Å². The molecule has 0 unspecified atom stereocenters. The molecule has 94 valence electrons. The van der Waals surface area contributed by atoms with Crippen LogP contribution in [0, 0.1) is 6.92 Å². The Morgan fingerprint density at radius 2 is 1.94 bits per heavy atom. The number of hydrogen-bond acceptors (Lipinski definition) is 2. The number of aromatic nitrogens is 1. The highest BCUT2D eigenvalue weighted by molar-refractivity contribution is 5.85. The SMILES string of the molecule is Cc1cc2cc(C(C)(C)C(=O)O)ccc2[nH]c1=O. The Kier molecular flexibility index (Phi) is 2.73. The van der Waals surface area contributed by atoms with E-state index in [0.717, 1.165) is 10.9 Å². The summed E-state index contributed by atoms with van der Waals surface area (Å²) in [5, 5.41) is 10.1. The van der Waals surface area contributed by atoms with Crippen molar-refractivity contribution in [2.24, 2.45) is 0 Å². The van der Waals surface area contributed by atoms with Gasteiger partial charge in [-0.3, -0.25) is 9.59 Å². The highest BCUT2D eigenvalue weighted by Crippen LogP contribution is 2.26. The van der Waals surface area contributed by atoms with E-state index in [2.05, 4.69) is 4.98 Å². The topological polar surface area (TPSA) is 70.2 Å². The smallest absolute Gasteiger partial charge is 0.313 e. The van der Waals surface area contributed by atoms with Crippen LogP contribution in [0.3, 0.4) is 0 Å². The van der Waals surface area contributed by atoms with Crippen LogP contribution >= 0.6 is 0 Å². The molecule has 2 N–H and O–H groups in total. The average Bonchev–Trinajstić information content (AvgIpc) is 2.29. The minimum absolute atomic E-state index is 0.118. The summed E-state index contributed by atoms with van der Waals surface area (Å²) in [5.41, 5.74) is 0.989. The van der Waals surface area contributed by atoms with Crippen molar-refractivity contribution in [3.63, 3.8) is 0 Å². The lowest BCUT2D eigenvalue weighted by Gasteiger charge is -2.20. The third-order valence-electron chi connectivity index (χ3n) is 3.29. The van der Waals surface area contributed by atoms with Crippen molar-refractivity contribution in [2.75, 3.05) is 0 Å². The molecule has 2 aromatic rings. The molecule has 0 aliphatic carbocycles. The van der Waals surface area contributed by atoms with E-state index in [9.17, 15) is 14.7 Å². The van der Waals surface area contributed by atoms with Crippen LogP contribution in [-0.4, -0.2) is 16.1 Å². The minimum Gasteiger partial charge on any atom is -0.481 e. The summed E-state index contributed by atoms with van der Waals surface area (Å²) in [6, 6.07) is 7.07. The van der Waals surface area contributed by atoms with Crippen LogP contribution in [0.5, 0.6) is 0 Å². The Balaban J connectivity index is 2.68. The number of H-pyrrole nitrogens is 1. The number of fused-ring (bicyclic) bond motifs is 1. The van der Waals surface area contributed by atoms with Crippen LogP contribution in [0.15, 0.2) is 29.1 Å². The fraction of sp³-hybridized carbons (Fsp3) is 0.286. The molecule has 0 fully saturated rings. The molecule has 0 aliphatic heterocycles. The summed E-state index contributed by atoms with van der Waals surface area (Å²) in [5.74, 6) is -0.872. The van der Waals surface area contributed by atoms with Gasteiger partial charge in [0.05, 0.1) is 5.41 Å². The van der Waals surface area contributed by atoms with E-state index in [4.69, 9.17) is 0 Å². The van der Waals surface area contributed by atoms with Crippen LogP contribution in [0.2, 0.25) is 0 Å². The number of pyridine rings is 1. The maximum atomic E-state index is 11.5. The zero-order valence-electron chi connectivity index (χ0n) is 10.6. The highest BCUT2D eigenvalue weighted by atomic mass is 16.4. The first kappa shape index (κ1) is 12.4. The van der Waals surface area contributed by atoms with Crippen molar-refractivity contribution in [3.8, 4) is 0 Å². The van der Waals surface area contributed by atoms with Crippen molar-refractivity contribution < 1.29 is 9.90 Å². The molecular weight excluding hydrogens is 230 g/mol. The van der Waals surface area contributed by atoms with Crippen LogP contribution in [-0.2, 0) is 10.2 Å². The molecule has 0 atom stereocenters. The number of aromatic amines is 1. The Bertz CT molecular complexity index is 683. The molecule has 0 aliphatic rings. The number of rotatable bonds is 2. The maximum Gasteiger partial charge on any atom is 0.313 e. The fourth-order valence-electron chi connectivity index (χ4n) is 1.83. The van der Waals surface area contributed by atoms with Crippen LogP contribution in [0.4, 0.5) is 0 Å². The van der Waals surface area contributed by atoms with Crippen LogP contribution in [0.1, 0.15) is 25.0 Å². The van der Waals surface area contributed by atoms with Gasteiger partial charge in [0.1, 0.15) is 0 Å². The first-order valence-corrected chi connectivity index (χ1v) is 5.70. The predicted octanol–water partition coefficient (Wildman–Crippen LogP) is 2.20. The number of nitrogens with one attached hydrogen (secondary N) is 1. The van der Waals surface area contributed by atoms with E-state index < -0.39 is 11.4 Å². The molecular formula is C14H15NO3. The monoisotopic (exact) mass is 245 g/mol. The zero-order chi connectivity index (χ0) is 13.5. The number of carboxylic acid groups (broad SMARTS) is 1. The van der Waals surface area contributed by atoms with Gasteiger partial charge in [-0.2, -0.15) is 0 Å². The van der Waals surface area contributed by atoms with Gasteiger partial charge in [0.25, 0.3) is 5.56 Å². The first-order chi connectivity index (χ1) is 8.32. The summed E-state index contributed by atoms with van der Waals surface area (Å²) in [7, 11) is 0. The van der Waals surface area contributed by atoms with Gasteiger partial charge in [0.2, 0.25) is 0 Å². The van der Waals surface area contributed by atoms with Crippen LogP contribution < -0.4 is 5.56 Å². The lowest BCUT2D eigenvalue weighted by molar-refractivity contribution is -0.142. The van der Waals surface area contributed by atoms with Crippen molar-refractivity contribution in [1.29, 1.82) is 0 Å². The van der Waals surface area contributed by atoms with E-state index in [1.807, 2.05) is 6.07 Å². The summed E-state index contributed by atoms with van der Waals surface area (Å²) < 4.78 is 0. The van der Waals surface area contributed by atoms with E-state index in [0.29, 0.717) is 11.1 Å². The van der Waals surface area contributed by atoms with Crippen molar-refractivity contribution >= 4 is 16.9 Å². The molecule has 2 rings (SSSR count). The predicted molar refractivity (Wildman–Crippen MR) is 70.0 cm³/mol. The van der Waals surface area contributed by atoms with Gasteiger partial charge in [-0.1, -0.05) is 6.07 Å². The van der Waals surface area contributed by atoms with Crippen molar-refractivity contribution in [2.45, 2.75) is 26.2 Å². The quantitative estimate of drug-likeness (QED) is 0.852. The number of aliphatic carboxylic acids is 1. The van der Waals surface area contributed by atoms with Crippen molar-refractivity contribution in [1.82, 2.24) is 4.98 Å². The Hall–Kier alpha value is -2.10. The molecule has 0 amide bonds. The molecule has 18 heavy (non-hydrogen) atoms. The average molecular weight is 245 g/mol. The number of carbonyl (C=O) groups is 1. The lowest BCUT2D eigenvalue weighted by Crippen LogP contribution is -2.28. The molecule has 4 nitrogen and oxygen atoms in total. The fourth-order valence-corrected chi connectivity index (χ4v) is 1.83. The standard InChI is InChI=1S/C14H15NO3/c1-8-6-9-7-10(14(2,3)13(17)18)4-5-11(9)15-12(8)16/h4-7H,1-3H3,(H,15,16)(H,17,18). The Morgan fingerprint density at radius 1 is 1.28 bits per heavy atom. The zero-order valence-corrected chi connectivity index (χ0v) is 10.6. The maximum absolute atomic E-state index is 11.5.